The van der Waals surface area contributed by atoms with Gasteiger partial charge in [0.25, 0.3) is 5.91 Å². The summed E-state index contributed by atoms with van der Waals surface area (Å²) in [7, 11) is 1.77. The van der Waals surface area contributed by atoms with E-state index in [9.17, 15) is 18.0 Å². The smallest absolute Gasteiger partial charge is 0.475 e. The molecule has 1 fully saturated rings. The molecule has 0 bridgehead atoms. The Kier molecular flexibility index (Phi) is 8.56. The van der Waals surface area contributed by atoms with Crippen LogP contribution in [0.2, 0.25) is 0 Å². The van der Waals surface area contributed by atoms with Gasteiger partial charge in [-0.2, -0.15) is 13.2 Å². The summed E-state index contributed by atoms with van der Waals surface area (Å²) in [6, 6.07) is 14.0. The third kappa shape index (κ3) is 7.36. The van der Waals surface area contributed by atoms with Crippen LogP contribution in [0.5, 0.6) is 0 Å². The van der Waals surface area contributed by atoms with E-state index in [1.54, 1.807) is 19.4 Å². The second-order valence-corrected chi connectivity index (χ2v) is 7.29. The average molecular weight is 438 g/mol. The molecular formula is C22H25F3N2O4. The Labute approximate surface area is 178 Å². The van der Waals surface area contributed by atoms with Crippen LogP contribution in [0.25, 0.3) is 0 Å². The highest BCUT2D eigenvalue weighted by Gasteiger charge is 2.38. The minimum atomic E-state index is -5.08. The molecule has 2 aromatic rings. The predicted octanol–water partition coefficient (Wildman–Crippen LogP) is 3.74. The van der Waals surface area contributed by atoms with Gasteiger partial charge in [0.2, 0.25) is 0 Å². The van der Waals surface area contributed by atoms with Crippen LogP contribution < -0.4 is 0 Å². The number of ether oxygens (including phenoxy) is 1. The lowest BCUT2D eigenvalue weighted by molar-refractivity contribution is -0.192. The zero-order chi connectivity index (χ0) is 23.0. The third-order valence-corrected chi connectivity index (χ3v) is 4.96. The molecule has 3 rings (SSSR count). The number of halogens is 3. The summed E-state index contributed by atoms with van der Waals surface area (Å²) in [6.07, 6.45) is -1.44. The van der Waals surface area contributed by atoms with E-state index >= 15 is 0 Å². The third-order valence-electron chi connectivity index (χ3n) is 4.96. The van der Waals surface area contributed by atoms with Crippen molar-refractivity contribution in [2.75, 3.05) is 20.2 Å². The highest BCUT2D eigenvalue weighted by Crippen LogP contribution is 2.25. The number of likely N-dealkylation sites (tertiary alicyclic amines) is 1. The minimum Gasteiger partial charge on any atom is -0.475 e. The van der Waals surface area contributed by atoms with Crippen LogP contribution in [-0.2, 0) is 16.0 Å². The van der Waals surface area contributed by atoms with E-state index < -0.39 is 12.1 Å². The normalized spacial score (nSPS) is 18.7. The first-order chi connectivity index (χ1) is 14.6. The Morgan fingerprint density at radius 2 is 1.94 bits per heavy atom. The van der Waals surface area contributed by atoms with Crippen molar-refractivity contribution in [3.8, 4) is 0 Å². The molecule has 0 spiro atoms. The molecule has 1 aliphatic rings. The van der Waals surface area contributed by atoms with E-state index in [1.165, 1.54) is 11.1 Å². The van der Waals surface area contributed by atoms with E-state index in [4.69, 9.17) is 14.6 Å². The van der Waals surface area contributed by atoms with Crippen molar-refractivity contribution in [2.45, 2.75) is 32.0 Å². The van der Waals surface area contributed by atoms with E-state index in [1.807, 2.05) is 17.0 Å². The average Bonchev–Trinajstić information content (AvgIpc) is 2.73. The zero-order valence-electron chi connectivity index (χ0n) is 17.3. The first-order valence-electron chi connectivity index (χ1n) is 9.70. The maximum atomic E-state index is 12.7. The van der Waals surface area contributed by atoms with E-state index in [-0.39, 0.29) is 12.0 Å². The van der Waals surface area contributed by atoms with Gasteiger partial charge >= 0.3 is 12.1 Å². The minimum absolute atomic E-state index is 0.0133. The Balaban J connectivity index is 0.000000423. The number of benzene rings is 1. The second kappa shape index (κ2) is 10.9. The van der Waals surface area contributed by atoms with Crippen LogP contribution in [0, 0.1) is 12.8 Å². The standard InChI is InChI=1S/C20H24N2O2.C2HF3O2/c1-15-6-5-7-16(12-15)13-17-14-22(11-9-19(17)24-2)20(23)18-8-3-4-10-21-18;3-2(4,5)1(6)7/h3-8,10,12,17,19H,9,11,13-14H2,1-2H3;(H,6,7)/t17-,19-;/m0./s1. The van der Waals surface area contributed by atoms with Crippen molar-refractivity contribution < 1.29 is 32.6 Å². The molecule has 1 N–H and O–H groups in total. The van der Waals surface area contributed by atoms with Gasteiger partial charge in [-0.3, -0.25) is 9.78 Å². The number of amides is 1. The number of pyridine rings is 1. The molecule has 2 heterocycles. The Bertz CT molecular complexity index is 875. The number of nitrogens with zero attached hydrogens (tertiary/aromatic N) is 2. The van der Waals surface area contributed by atoms with Crippen molar-refractivity contribution in [1.82, 2.24) is 9.88 Å². The summed E-state index contributed by atoms with van der Waals surface area (Å²) < 4.78 is 37.4. The van der Waals surface area contributed by atoms with Crippen LogP contribution in [-0.4, -0.2) is 59.3 Å². The van der Waals surface area contributed by atoms with Gasteiger partial charge in [-0.25, -0.2) is 4.79 Å². The maximum Gasteiger partial charge on any atom is 0.490 e. The molecule has 31 heavy (non-hydrogen) atoms. The first-order valence-corrected chi connectivity index (χ1v) is 9.70. The van der Waals surface area contributed by atoms with Crippen LogP contribution in [0.1, 0.15) is 28.0 Å². The fraction of sp³-hybridized carbons (Fsp3) is 0.409. The van der Waals surface area contributed by atoms with Crippen molar-refractivity contribution >= 4 is 11.9 Å². The molecule has 1 amide bonds. The lowest BCUT2D eigenvalue weighted by atomic mass is 9.88. The van der Waals surface area contributed by atoms with Crippen molar-refractivity contribution in [1.29, 1.82) is 0 Å². The van der Waals surface area contributed by atoms with Crippen molar-refractivity contribution in [3.05, 3.63) is 65.5 Å². The Morgan fingerprint density at radius 1 is 1.23 bits per heavy atom. The summed E-state index contributed by atoms with van der Waals surface area (Å²) in [5, 5.41) is 7.12. The molecule has 0 aliphatic carbocycles. The predicted molar refractivity (Wildman–Crippen MR) is 108 cm³/mol. The molecule has 0 saturated carbocycles. The fourth-order valence-electron chi connectivity index (χ4n) is 3.49. The van der Waals surface area contributed by atoms with Gasteiger partial charge in [0, 0.05) is 32.3 Å². The van der Waals surface area contributed by atoms with Crippen molar-refractivity contribution in [3.63, 3.8) is 0 Å². The van der Waals surface area contributed by atoms with Gasteiger partial charge in [-0.05, 0) is 37.5 Å². The summed E-state index contributed by atoms with van der Waals surface area (Å²) in [5.74, 6) is -2.44. The number of carboxylic acids is 1. The monoisotopic (exact) mass is 438 g/mol. The molecule has 1 aromatic heterocycles. The zero-order valence-corrected chi connectivity index (χ0v) is 17.3. The molecule has 0 unspecified atom stereocenters. The quantitative estimate of drug-likeness (QED) is 0.787. The summed E-state index contributed by atoms with van der Waals surface area (Å²) >= 11 is 0. The topological polar surface area (TPSA) is 79.7 Å². The molecule has 0 radical (unpaired) electrons. The van der Waals surface area contributed by atoms with Crippen LogP contribution in [0.3, 0.4) is 0 Å². The van der Waals surface area contributed by atoms with E-state index in [0.717, 1.165) is 19.4 Å². The van der Waals surface area contributed by atoms with Crippen LogP contribution >= 0.6 is 0 Å². The molecule has 168 valence electrons. The lowest BCUT2D eigenvalue weighted by Gasteiger charge is -2.38. The number of aryl methyl sites for hydroxylation is 1. The lowest BCUT2D eigenvalue weighted by Crippen LogP contribution is -2.47. The Morgan fingerprint density at radius 3 is 2.48 bits per heavy atom. The summed E-state index contributed by atoms with van der Waals surface area (Å²) in [5.41, 5.74) is 3.08. The summed E-state index contributed by atoms with van der Waals surface area (Å²) in [4.78, 5) is 27.7. The number of hydrogen-bond donors (Lipinski definition) is 1. The molecular weight excluding hydrogens is 413 g/mol. The molecule has 9 heteroatoms. The van der Waals surface area contributed by atoms with Gasteiger partial charge in [-0.15, -0.1) is 0 Å². The number of methoxy groups -OCH3 is 1. The highest BCUT2D eigenvalue weighted by molar-refractivity contribution is 5.92. The fourth-order valence-corrected chi connectivity index (χ4v) is 3.49. The van der Waals surface area contributed by atoms with Gasteiger partial charge < -0.3 is 14.7 Å². The summed E-state index contributed by atoms with van der Waals surface area (Å²) in [6.45, 7) is 3.54. The molecule has 2 atom stereocenters. The molecule has 6 nitrogen and oxygen atoms in total. The number of piperidine rings is 1. The van der Waals surface area contributed by atoms with E-state index in [2.05, 4.69) is 36.2 Å². The number of carboxylic acid groups (broad SMARTS) is 1. The molecule has 1 aliphatic heterocycles. The maximum absolute atomic E-state index is 12.7. The van der Waals surface area contributed by atoms with Gasteiger partial charge in [0.05, 0.1) is 6.10 Å². The highest BCUT2D eigenvalue weighted by atomic mass is 19.4. The number of hydrogen-bond acceptors (Lipinski definition) is 4. The van der Waals surface area contributed by atoms with E-state index in [0.29, 0.717) is 18.2 Å². The number of rotatable bonds is 4. The van der Waals surface area contributed by atoms with Gasteiger partial charge in [0.1, 0.15) is 5.69 Å². The molecule has 1 saturated heterocycles. The first kappa shape index (κ1) is 24.3. The molecule has 1 aromatic carbocycles. The number of carbonyl (C=O) groups excluding carboxylic acids is 1. The van der Waals surface area contributed by atoms with Crippen LogP contribution in [0.15, 0.2) is 48.7 Å². The van der Waals surface area contributed by atoms with Crippen LogP contribution in [0.4, 0.5) is 13.2 Å². The number of carbonyl (C=O) groups is 2. The SMILES string of the molecule is CO[C@H]1CCN(C(=O)c2ccccn2)C[C@@H]1Cc1cccc(C)c1.O=C(O)C(F)(F)F. The number of aliphatic carboxylic acids is 1. The van der Waals surface area contributed by atoms with Gasteiger partial charge in [-0.1, -0.05) is 35.9 Å². The van der Waals surface area contributed by atoms with Gasteiger partial charge in [0.15, 0.2) is 0 Å². The second-order valence-electron chi connectivity index (χ2n) is 7.29. The van der Waals surface area contributed by atoms with Crippen molar-refractivity contribution in [2.24, 2.45) is 5.92 Å². The number of aromatic nitrogens is 1. The largest absolute Gasteiger partial charge is 0.490 e. The Hall–Kier alpha value is -2.94. The number of alkyl halides is 3.